The molecule has 6 nitrogen and oxygen atoms in total. The molecular formula is C27H31N3O3S2. The maximum absolute atomic E-state index is 13.0. The molecule has 0 saturated carbocycles. The molecule has 2 N–H and O–H groups in total. The fourth-order valence-electron chi connectivity index (χ4n) is 4.30. The molecule has 1 atom stereocenters. The van der Waals surface area contributed by atoms with Crippen LogP contribution in [0.1, 0.15) is 46.2 Å². The number of carbonyl (C=O) groups is 2. The van der Waals surface area contributed by atoms with Crippen molar-refractivity contribution in [2.24, 2.45) is 0 Å². The number of benzene rings is 2. The number of likely N-dealkylation sites (tertiary alicyclic amines) is 1. The average Bonchev–Trinajstić information content (AvgIpc) is 3.39. The number of nitrogens with one attached hydrogen (secondary N) is 1. The smallest absolute Gasteiger partial charge is 0.275 e. The van der Waals surface area contributed by atoms with Gasteiger partial charge in [0.2, 0.25) is 0 Å². The van der Waals surface area contributed by atoms with Crippen LogP contribution < -0.4 is 5.32 Å². The molecule has 1 aliphatic rings. The fourth-order valence-corrected chi connectivity index (χ4v) is 5.73. The van der Waals surface area contributed by atoms with E-state index in [0.717, 1.165) is 46.0 Å². The number of piperidine rings is 1. The highest BCUT2D eigenvalue weighted by molar-refractivity contribution is 7.98. The predicted octanol–water partition coefficient (Wildman–Crippen LogP) is 5.19. The highest BCUT2D eigenvalue weighted by Crippen LogP contribution is 2.32. The Morgan fingerprint density at radius 1 is 1.20 bits per heavy atom. The minimum Gasteiger partial charge on any atom is -0.383 e. The SMILES string of the molecule is CSCCC(O)C(=O)N1CCC(c2nc(C(=O)Nc3ccc(C)cc3-c3ccccc3)cs2)CC1. The fraction of sp³-hybridized carbons (Fsp3) is 0.370. The van der Waals surface area contributed by atoms with Gasteiger partial charge in [-0.25, -0.2) is 4.98 Å². The quantitative estimate of drug-likeness (QED) is 0.437. The molecule has 0 spiro atoms. The lowest BCUT2D eigenvalue weighted by Gasteiger charge is -2.32. The summed E-state index contributed by atoms with van der Waals surface area (Å²) in [5.74, 6) is 0.582. The second kappa shape index (κ2) is 11.8. The van der Waals surface area contributed by atoms with Crippen LogP contribution in [0.25, 0.3) is 11.1 Å². The number of thioether (sulfide) groups is 1. The summed E-state index contributed by atoms with van der Waals surface area (Å²) >= 11 is 3.12. The van der Waals surface area contributed by atoms with Crippen LogP contribution in [0.5, 0.6) is 0 Å². The first-order valence-corrected chi connectivity index (χ1v) is 14.1. The first-order chi connectivity index (χ1) is 17.0. The van der Waals surface area contributed by atoms with Gasteiger partial charge in [0.25, 0.3) is 11.8 Å². The van der Waals surface area contributed by atoms with Crippen molar-refractivity contribution in [3.63, 3.8) is 0 Å². The van der Waals surface area contributed by atoms with Crippen molar-refractivity contribution < 1.29 is 14.7 Å². The number of aromatic nitrogens is 1. The van der Waals surface area contributed by atoms with Crippen LogP contribution >= 0.6 is 23.1 Å². The lowest BCUT2D eigenvalue weighted by molar-refractivity contribution is -0.141. The Balaban J connectivity index is 1.39. The van der Waals surface area contributed by atoms with Crippen molar-refractivity contribution in [3.05, 3.63) is 70.2 Å². The van der Waals surface area contributed by atoms with Gasteiger partial charge in [0.15, 0.2) is 0 Å². The zero-order chi connectivity index (χ0) is 24.8. The lowest BCUT2D eigenvalue weighted by Crippen LogP contribution is -2.43. The number of nitrogens with zero attached hydrogens (tertiary/aromatic N) is 2. The third-order valence-corrected chi connectivity index (χ3v) is 7.95. The number of aryl methyl sites for hydroxylation is 1. The number of amides is 2. The van der Waals surface area contributed by atoms with Gasteiger partial charge in [-0.1, -0.05) is 42.0 Å². The molecule has 0 aliphatic carbocycles. The van der Waals surface area contributed by atoms with Crippen molar-refractivity contribution >= 4 is 40.6 Å². The number of anilines is 1. The van der Waals surface area contributed by atoms with E-state index in [1.807, 2.05) is 61.0 Å². The monoisotopic (exact) mass is 509 g/mol. The van der Waals surface area contributed by atoms with Crippen molar-refractivity contribution in [1.29, 1.82) is 0 Å². The van der Waals surface area contributed by atoms with Crippen LogP contribution in [0.2, 0.25) is 0 Å². The van der Waals surface area contributed by atoms with Crippen LogP contribution in [0.4, 0.5) is 5.69 Å². The minimum absolute atomic E-state index is 0.177. The highest BCUT2D eigenvalue weighted by atomic mass is 32.2. The summed E-state index contributed by atoms with van der Waals surface area (Å²) in [6, 6.07) is 16.0. The van der Waals surface area contributed by atoms with E-state index in [2.05, 4.69) is 16.4 Å². The predicted molar refractivity (Wildman–Crippen MR) is 144 cm³/mol. The summed E-state index contributed by atoms with van der Waals surface area (Å²) in [5, 5.41) is 15.9. The summed E-state index contributed by atoms with van der Waals surface area (Å²) in [7, 11) is 0. The van der Waals surface area contributed by atoms with E-state index in [4.69, 9.17) is 0 Å². The van der Waals surface area contributed by atoms with Gasteiger partial charge in [0.1, 0.15) is 11.8 Å². The Hall–Kier alpha value is -2.68. The third-order valence-electron chi connectivity index (χ3n) is 6.30. The zero-order valence-electron chi connectivity index (χ0n) is 20.1. The molecular weight excluding hydrogens is 478 g/mol. The first-order valence-electron chi connectivity index (χ1n) is 11.8. The Bertz CT molecular complexity index is 1160. The molecule has 4 rings (SSSR count). The normalized spacial score (nSPS) is 15.1. The molecule has 1 saturated heterocycles. The standard InChI is InChI=1S/C27H31N3O3S2/c1-18-8-9-22(21(16-18)19-6-4-3-5-7-19)28-25(32)23-17-35-26(29-23)20-10-13-30(14-11-20)27(33)24(31)12-15-34-2/h3-9,16-17,20,24,31H,10-15H2,1-2H3,(H,28,32). The van der Waals surface area contributed by atoms with E-state index in [-0.39, 0.29) is 17.7 Å². The van der Waals surface area contributed by atoms with E-state index in [0.29, 0.717) is 25.2 Å². The van der Waals surface area contributed by atoms with Crippen molar-refractivity contribution in [2.75, 3.05) is 30.4 Å². The number of rotatable bonds is 8. The van der Waals surface area contributed by atoms with Crippen LogP contribution in [-0.2, 0) is 4.79 Å². The molecule has 3 aromatic rings. The molecule has 1 fully saturated rings. The number of hydrogen-bond acceptors (Lipinski definition) is 6. The number of thiazole rings is 1. The summed E-state index contributed by atoms with van der Waals surface area (Å²) in [6.07, 6.45) is 3.10. The summed E-state index contributed by atoms with van der Waals surface area (Å²) in [5.41, 5.74) is 4.32. The van der Waals surface area contributed by atoms with Gasteiger partial charge >= 0.3 is 0 Å². The van der Waals surface area contributed by atoms with Gasteiger partial charge < -0.3 is 15.3 Å². The lowest BCUT2D eigenvalue weighted by atomic mass is 9.97. The Morgan fingerprint density at radius 3 is 2.66 bits per heavy atom. The van der Waals surface area contributed by atoms with E-state index in [1.165, 1.54) is 11.3 Å². The molecule has 1 aromatic heterocycles. The van der Waals surface area contributed by atoms with E-state index in [1.54, 1.807) is 16.7 Å². The zero-order valence-corrected chi connectivity index (χ0v) is 21.7. The maximum Gasteiger partial charge on any atom is 0.275 e. The van der Waals surface area contributed by atoms with Gasteiger partial charge in [0, 0.05) is 35.6 Å². The largest absolute Gasteiger partial charge is 0.383 e. The average molecular weight is 510 g/mol. The van der Waals surface area contributed by atoms with E-state index >= 15 is 0 Å². The number of aliphatic hydroxyl groups is 1. The van der Waals surface area contributed by atoms with Gasteiger partial charge in [-0.15, -0.1) is 11.3 Å². The maximum atomic E-state index is 13.0. The highest BCUT2D eigenvalue weighted by Gasteiger charge is 2.29. The molecule has 1 unspecified atom stereocenters. The number of hydrogen-bond donors (Lipinski definition) is 2. The third kappa shape index (κ3) is 6.31. The van der Waals surface area contributed by atoms with E-state index < -0.39 is 6.10 Å². The molecule has 2 aromatic carbocycles. The van der Waals surface area contributed by atoms with Crippen molar-refractivity contribution in [3.8, 4) is 11.1 Å². The molecule has 0 bridgehead atoms. The summed E-state index contributed by atoms with van der Waals surface area (Å²) < 4.78 is 0. The van der Waals surface area contributed by atoms with Gasteiger partial charge in [-0.3, -0.25) is 9.59 Å². The molecule has 2 heterocycles. The molecule has 35 heavy (non-hydrogen) atoms. The molecule has 184 valence electrons. The second-order valence-corrected chi connectivity index (χ2v) is 10.7. The summed E-state index contributed by atoms with van der Waals surface area (Å²) in [4.78, 5) is 31.9. The van der Waals surface area contributed by atoms with Crippen molar-refractivity contribution in [2.45, 2.75) is 38.2 Å². The van der Waals surface area contributed by atoms with Gasteiger partial charge in [-0.2, -0.15) is 11.8 Å². The van der Waals surface area contributed by atoms with Crippen LogP contribution in [0.15, 0.2) is 53.9 Å². The minimum atomic E-state index is -0.920. The number of aliphatic hydroxyl groups excluding tert-OH is 1. The Labute approximate surface area is 214 Å². The first kappa shape index (κ1) is 25.4. The molecule has 2 amide bonds. The number of carbonyl (C=O) groups excluding carboxylic acids is 2. The van der Waals surface area contributed by atoms with Crippen LogP contribution in [-0.4, -0.2) is 58.0 Å². The van der Waals surface area contributed by atoms with E-state index in [9.17, 15) is 14.7 Å². The molecule has 1 aliphatic heterocycles. The Kier molecular flexibility index (Phi) is 8.59. The topological polar surface area (TPSA) is 82.5 Å². The molecule has 0 radical (unpaired) electrons. The van der Waals surface area contributed by atoms with Crippen molar-refractivity contribution in [1.82, 2.24) is 9.88 Å². The Morgan fingerprint density at radius 2 is 1.94 bits per heavy atom. The van der Waals surface area contributed by atoms with Crippen LogP contribution in [0, 0.1) is 6.92 Å². The molecule has 8 heteroatoms. The summed E-state index contributed by atoms with van der Waals surface area (Å²) in [6.45, 7) is 3.24. The second-order valence-electron chi connectivity index (χ2n) is 8.84. The van der Waals surface area contributed by atoms with Gasteiger partial charge in [0.05, 0.1) is 5.01 Å². The van der Waals surface area contributed by atoms with Crippen LogP contribution in [0.3, 0.4) is 0 Å². The van der Waals surface area contributed by atoms with Gasteiger partial charge in [-0.05, 0) is 55.9 Å².